The number of anilines is 1. The van der Waals surface area contributed by atoms with E-state index in [9.17, 15) is 27.6 Å². The first-order valence-corrected chi connectivity index (χ1v) is 17.2. The average Bonchev–Trinajstić information content (AvgIpc) is 3.07. The Hall–Kier alpha value is -4.23. The van der Waals surface area contributed by atoms with Gasteiger partial charge in [0.25, 0.3) is 5.56 Å². The van der Waals surface area contributed by atoms with Crippen LogP contribution in [0.1, 0.15) is 66.7 Å². The minimum absolute atomic E-state index is 0.0828. The molecule has 1 aromatic heterocycles. The van der Waals surface area contributed by atoms with Crippen molar-refractivity contribution in [3.8, 4) is 16.9 Å². The Morgan fingerprint density at radius 2 is 1.64 bits per heavy atom. The smallest absolute Gasteiger partial charge is 0.405 e. The van der Waals surface area contributed by atoms with Gasteiger partial charge in [-0.2, -0.15) is 0 Å². The standard InChI is InChI=1S/C37H43F4N5O4/c1-22-23(2)36(49)44(3)21-30(22)25-4-5-26(33(18-25)50-37(39,40)41)20-45-14-12-28(13-15-45)46-16-10-24(11-17-46)29-7-6-27(19-31(29)38)42-32-8-9-34(47)43-35(32)48/h4-7,18-19,21,24,28,32,42H,8-17,20H2,1-3H3,(H,43,47,48). The predicted octanol–water partition coefficient (Wildman–Crippen LogP) is 5.77. The molecule has 9 nitrogen and oxygen atoms in total. The van der Waals surface area contributed by atoms with Crippen LogP contribution >= 0.6 is 0 Å². The molecule has 3 aliphatic rings. The molecule has 268 valence electrons. The number of alkyl halides is 3. The highest BCUT2D eigenvalue weighted by atomic mass is 19.4. The van der Waals surface area contributed by atoms with Crippen LogP contribution in [0.2, 0.25) is 0 Å². The largest absolute Gasteiger partial charge is 0.573 e. The Bertz CT molecular complexity index is 1810. The fourth-order valence-corrected chi connectivity index (χ4v) is 7.58. The van der Waals surface area contributed by atoms with E-state index in [4.69, 9.17) is 0 Å². The molecule has 4 heterocycles. The molecule has 0 spiro atoms. The van der Waals surface area contributed by atoms with Crippen molar-refractivity contribution in [1.29, 1.82) is 0 Å². The molecular formula is C37H43F4N5O4. The van der Waals surface area contributed by atoms with Gasteiger partial charge in [0, 0.05) is 54.6 Å². The van der Waals surface area contributed by atoms with E-state index in [0.29, 0.717) is 58.1 Å². The molecule has 0 aliphatic carbocycles. The molecule has 3 fully saturated rings. The summed E-state index contributed by atoms with van der Waals surface area (Å²) >= 11 is 0. The van der Waals surface area contributed by atoms with Crippen molar-refractivity contribution in [1.82, 2.24) is 19.7 Å². The molecule has 0 saturated carbocycles. The van der Waals surface area contributed by atoms with Gasteiger partial charge in [0.2, 0.25) is 11.8 Å². The van der Waals surface area contributed by atoms with Crippen molar-refractivity contribution < 1.29 is 31.9 Å². The van der Waals surface area contributed by atoms with E-state index in [1.54, 1.807) is 51.4 Å². The van der Waals surface area contributed by atoms with Crippen LogP contribution in [-0.2, 0) is 23.2 Å². The van der Waals surface area contributed by atoms with E-state index in [1.807, 2.05) is 0 Å². The lowest BCUT2D eigenvalue weighted by Gasteiger charge is -2.42. The van der Waals surface area contributed by atoms with Crippen LogP contribution in [0.5, 0.6) is 5.75 Å². The topological polar surface area (TPSA) is 95.9 Å². The number of benzene rings is 2. The molecule has 3 aliphatic heterocycles. The Labute approximate surface area is 288 Å². The predicted molar refractivity (Wildman–Crippen MR) is 181 cm³/mol. The third-order valence-electron chi connectivity index (χ3n) is 10.6. The maximum atomic E-state index is 15.2. The number of amides is 2. The van der Waals surface area contributed by atoms with Crippen LogP contribution in [0.15, 0.2) is 47.4 Å². The average molecular weight is 698 g/mol. The van der Waals surface area contributed by atoms with Gasteiger partial charge in [-0.25, -0.2) is 4.39 Å². The number of carbonyl (C=O) groups excluding carboxylic acids is 2. The highest BCUT2D eigenvalue weighted by Crippen LogP contribution is 2.36. The van der Waals surface area contributed by atoms with Gasteiger partial charge in [0.1, 0.15) is 17.6 Å². The lowest BCUT2D eigenvalue weighted by atomic mass is 9.87. The minimum Gasteiger partial charge on any atom is -0.405 e. The molecule has 3 aromatic rings. The molecule has 3 saturated heterocycles. The van der Waals surface area contributed by atoms with E-state index in [2.05, 4.69) is 25.2 Å². The normalized spacial score (nSPS) is 20.2. The van der Waals surface area contributed by atoms with Crippen LogP contribution in [-0.4, -0.2) is 70.8 Å². The summed E-state index contributed by atoms with van der Waals surface area (Å²) in [4.78, 5) is 40.4. The van der Waals surface area contributed by atoms with Gasteiger partial charge < -0.3 is 19.5 Å². The van der Waals surface area contributed by atoms with Crippen molar-refractivity contribution in [2.75, 3.05) is 31.5 Å². The first-order chi connectivity index (χ1) is 23.8. The zero-order chi connectivity index (χ0) is 35.7. The van der Waals surface area contributed by atoms with E-state index in [-0.39, 0.29) is 35.4 Å². The van der Waals surface area contributed by atoms with Crippen molar-refractivity contribution in [3.05, 3.63) is 81.0 Å². The molecule has 2 N–H and O–H groups in total. The van der Waals surface area contributed by atoms with Gasteiger partial charge in [-0.3, -0.25) is 24.6 Å². The quantitative estimate of drug-likeness (QED) is 0.228. The fraction of sp³-hybridized carbons (Fsp3) is 0.486. The van der Waals surface area contributed by atoms with Crippen LogP contribution in [0, 0.1) is 19.7 Å². The third kappa shape index (κ3) is 8.04. The Balaban J connectivity index is 1.04. The number of rotatable bonds is 8. The molecule has 0 bridgehead atoms. The van der Waals surface area contributed by atoms with E-state index in [1.165, 1.54) is 16.7 Å². The number of carbonyl (C=O) groups is 2. The summed E-state index contributed by atoms with van der Waals surface area (Å²) < 4.78 is 61.7. The SMILES string of the molecule is Cc1c(-c2ccc(CN3CCC(N4CCC(c5ccc(NC6CCC(=O)NC6=O)cc5F)CC4)CC3)c(OC(F)(F)F)c2)cn(C)c(=O)c1C. The number of halogens is 4. The lowest BCUT2D eigenvalue weighted by molar-refractivity contribution is -0.275. The molecule has 0 radical (unpaired) electrons. The third-order valence-corrected chi connectivity index (χ3v) is 10.6. The van der Waals surface area contributed by atoms with Crippen LogP contribution in [0.4, 0.5) is 23.2 Å². The number of nitrogens with zero attached hydrogens (tertiary/aromatic N) is 3. The molecule has 2 aromatic carbocycles. The van der Waals surface area contributed by atoms with Crippen LogP contribution in [0.3, 0.4) is 0 Å². The van der Waals surface area contributed by atoms with Crippen molar-refractivity contribution in [2.24, 2.45) is 7.05 Å². The second-order valence-electron chi connectivity index (χ2n) is 13.8. The number of hydrogen-bond acceptors (Lipinski definition) is 7. The van der Waals surface area contributed by atoms with E-state index < -0.39 is 18.3 Å². The second-order valence-corrected chi connectivity index (χ2v) is 13.8. The highest BCUT2D eigenvalue weighted by molar-refractivity contribution is 6.01. The molecular weight excluding hydrogens is 654 g/mol. The highest BCUT2D eigenvalue weighted by Gasteiger charge is 2.34. The maximum Gasteiger partial charge on any atom is 0.573 e. The fourth-order valence-electron chi connectivity index (χ4n) is 7.58. The number of ether oxygens (including phenoxy) is 1. The summed E-state index contributed by atoms with van der Waals surface area (Å²) in [5.41, 5.74) is 3.95. The van der Waals surface area contributed by atoms with E-state index in [0.717, 1.165) is 51.9 Å². The lowest BCUT2D eigenvalue weighted by Crippen LogP contribution is -2.47. The molecule has 50 heavy (non-hydrogen) atoms. The van der Waals surface area contributed by atoms with Gasteiger partial charge in [-0.1, -0.05) is 18.2 Å². The van der Waals surface area contributed by atoms with Crippen molar-refractivity contribution in [3.63, 3.8) is 0 Å². The molecule has 6 rings (SSSR count). The summed E-state index contributed by atoms with van der Waals surface area (Å²) in [6.45, 7) is 6.94. The van der Waals surface area contributed by atoms with Gasteiger partial charge in [0.05, 0.1) is 0 Å². The Kier molecular flexibility index (Phi) is 10.4. The van der Waals surface area contributed by atoms with Gasteiger partial charge in [-0.15, -0.1) is 13.2 Å². The first kappa shape index (κ1) is 35.6. The van der Waals surface area contributed by atoms with Crippen molar-refractivity contribution in [2.45, 2.75) is 83.3 Å². The summed E-state index contributed by atoms with van der Waals surface area (Å²) in [5.74, 6) is -1.16. The first-order valence-electron chi connectivity index (χ1n) is 17.2. The minimum atomic E-state index is -4.85. The maximum absolute atomic E-state index is 15.2. The number of hydrogen-bond donors (Lipinski definition) is 2. The summed E-state index contributed by atoms with van der Waals surface area (Å²) in [6.07, 6.45) is 0.790. The molecule has 1 atom stereocenters. The second kappa shape index (κ2) is 14.6. The number of pyridine rings is 1. The molecule has 1 unspecified atom stereocenters. The molecule has 2 amide bonds. The number of nitrogens with one attached hydrogen (secondary N) is 2. The van der Waals surface area contributed by atoms with Crippen molar-refractivity contribution >= 4 is 17.5 Å². The van der Waals surface area contributed by atoms with Crippen LogP contribution < -0.4 is 20.9 Å². The zero-order valence-corrected chi connectivity index (χ0v) is 28.5. The van der Waals surface area contributed by atoms with Gasteiger partial charge in [0.15, 0.2) is 0 Å². The number of aryl methyl sites for hydroxylation is 1. The molecule has 13 heteroatoms. The summed E-state index contributed by atoms with van der Waals surface area (Å²) in [6, 6.07) is 9.66. The Morgan fingerprint density at radius 1 is 0.920 bits per heavy atom. The number of imide groups is 1. The Morgan fingerprint density at radius 3 is 2.30 bits per heavy atom. The number of likely N-dealkylation sites (tertiary alicyclic amines) is 2. The summed E-state index contributed by atoms with van der Waals surface area (Å²) in [7, 11) is 1.62. The number of piperidine rings is 3. The van der Waals surface area contributed by atoms with E-state index >= 15 is 4.39 Å². The summed E-state index contributed by atoms with van der Waals surface area (Å²) in [5, 5.41) is 5.34. The number of aromatic nitrogens is 1. The monoisotopic (exact) mass is 697 g/mol. The van der Waals surface area contributed by atoms with Crippen LogP contribution in [0.25, 0.3) is 11.1 Å². The zero-order valence-electron chi connectivity index (χ0n) is 28.5. The van der Waals surface area contributed by atoms with Gasteiger partial charge in [-0.05, 0) is 113 Å². The van der Waals surface area contributed by atoms with Gasteiger partial charge >= 0.3 is 6.36 Å².